The quantitative estimate of drug-likeness (QED) is 0.757. The molecule has 0 fully saturated rings. The van der Waals surface area contributed by atoms with Gasteiger partial charge in [0, 0.05) is 5.92 Å². The molecular weight excluding hydrogens is 224 g/mol. The Morgan fingerprint density at radius 2 is 2.11 bits per heavy atom. The number of hydrogen-bond acceptors (Lipinski definition) is 2. The summed E-state index contributed by atoms with van der Waals surface area (Å²) < 4.78 is 0. The fourth-order valence-electron chi connectivity index (χ4n) is 3.89. The molecule has 1 aromatic carbocycles. The Hall–Kier alpha value is -1.57. The molecule has 1 unspecified atom stereocenters. The minimum Gasteiger partial charge on any atom is -0.508 e. The van der Waals surface area contributed by atoms with Gasteiger partial charge in [-0.3, -0.25) is 4.79 Å². The molecular formula is C16H18O2. The van der Waals surface area contributed by atoms with Crippen molar-refractivity contribution in [3.8, 4) is 5.75 Å². The molecule has 0 saturated heterocycles. The van der Waals surface area contributed by atoms with Crippen LogP contribution in [-0.2, 0) is 11.2 Å². The lowest BCUT2D eigenvalue weighted by Gasteiger charge is -2.35. The van der Waals surface area contributed by atoms with Gasteiger partial charge in [-0.05, 0) is 59.6 Å². The molecule has 0 amide bonds. The topological polar surface area (TPSA) is 37.3 Å². The van der Waals surface area contributed by atoms with Crippen LogP contribution in [0.5, 0.6) is 5.75 Å². The number of benzene rings is 1. The van der Waals surface area contributed by atoms with E-state index in [1.807, 2.05) is 26.0 Å². The number of carbonyl (C=O) groups excluding carboxylic acids is 1. The summed E-state index contributed by atoms with van der Waals surface area (Å²) in [5.41, 5.74) is 4.52. The Balaban J connectivity index is 2.25. The molecule has 94 valence electrons. The van der Waals surface area contributed by atoms with Crippen molar-refractivity contribution in [2.75, 3.05) is 0 Å². The zero-order valence-electron chi connectivity index (χ0n) is 11.1. The fraction of sp³-hybridized carbons (Fsp3) is 0.438. The van der Waals surface area contributed by atoms with E-state index >= 15 is 0 Å². The third kappa shape index (κ3) is 1.38. The lowest BCUT2D eigenvalue weighted by molar-refractivity contribution is -0.119. The van der Waals surface area contributed by atoms with Crippen LogP contribution < -0.4 is 0 Å². The molecule has 2 nitrogen and oxygen atoms in total. The highest BCUT2D eigenvalue weighted by atomic mass is 16.3. The summed E-state index contributed by atoms with van der Waals surface area (Å²) in [5.74, 6) is 0.707. The van der Waals surface area contributed by atoms with E-state index in [1.54, 1.807) is 6.07 Å². The summed E-state index contributed by atoms with van der Waals surface area (Å²) in [6.07, 6.45) is 1.84. The van der Waals surface area contributed by atoms with Crippen LogP contribution in [0.1, 0.15) is 38.3 Å². The number of phenols is 1. The van der Waals surface area contributed by atoms with Gasteiger partial charge in [-0.1, -0.05) is 19.9 Å². The van der Waals surface area contributed by atoms with Gasteiger partial charge >= 0.3 is 0 Å². The standard InChI is InChI=1S/C16H18O2/c1-9-7-16(3)8-11-6-12(17)4-5-13(11)14(16)10(2)15(9)18/h4-6,9,17H,7-8H2,1-3H3/t9?,16-/m0/s1. The van der Waals surface area contributed by atoms with Gasteiger partial charge in [0.1, 0.15) is 5.75 Å². The van der Waals surface area contributed by atoms with Gasteiger partial charge in [-0.2, -0.15) is 0 Å². The number of ketones is 1. The van der Waals surface area contributed by atoms with E-state index < -0.39 is 0 Å². The van der Waals surface area contributed by atoms with Gasteiger partial charge in [0.2, 0.25) is 0 Å². The maximum absolute atomic E-state index is 12.2. The van der Waals surface area contributed by atoms with E-state index in [0.29, 0.717) is 5.75 Å². The predicted molar refractivity (Wildman–Crippen MR) is 71.3 cm³/mol. The first-order valence-electron chi connectivity index (χ1n) is 6.50. The van der Waals surface area contributed by atoms with Crippen molar-refractivity contribution in [2.24, 2.45) is 11.3 Å². The van der Waals surface area contributed by atoms with E-state index in [2.05, 4.69) is 6.92 Å². The Morgan fingerprint density at radius 1 is 1.39 bits per heavy atom. The van der Waals surface area contributed by atoms with E-state index in [9.17, 15) is 9.90 Å². The second-order valence-electron chi connectivity index (χ2n) is 6.05. The molecule has 0 aliphatic heterocycles. The van der Waals surface area contributed by atoms with Crippen molar-refractivity contribution in [1.29, 1.82) is 0 Å². The molecule has 1 N–H and O–H groups in total. The third-order valence-electron chi connectivity index (χ3n) is 4.49. The zero-order valence-corrected chi connectivity index (χ0v) is 11.1. The van der Waals surface area contributed by atoms with Crippen LogP contribution in [0, 0.1) is 11.3 Å². The van der Waals surface area contributed by atoms with Crippen molar-refractivity contribution in [2.45, 2.75) is 33.6 Å². The number of carbonyl (C=O) groups is 1. The first-order chi connectivity index (χ1) is 8.42. The van der Waals surface area contributed by atoms with Crippen LogP contribution in [0.3, 0.4) is 0 Å². The number of phenolic OH excluding ortho intramolecular Hbond substituents is 1. The normalized spacial score (nSPS) is 30.4. The molecule has 2 heteroatoms. The SMILES string of the molecule is CC1=C2c3ccc(O)cc3C[C@]2(C)CC(C)C1=O. The highest BCUT2D eigenvalue weighted by Crippen LogP contribution is 2.54. The van der Waals surface area contributed by atoms with E-state index in [1.165, 1.54) is 11.1 Å². The summed E-state index contributed by atoms with van der Waals surface area (Å²) in [4.78, 5) is 12.2. The largest absolute Gasteiger partial charge is 0.508 e. The third-order valence-corrected chi connectivity index (χ3v) is 4.49. The molecule has 0 spiro atoms. The van der Waals surface area contributed by atoms with Crippen LogP contribution in [0.25, 0.3) is 5.57 Å². The molecule has 0 radical (unpaired) electrons. The number of rotatable bonds is 0. The summed E-state index contributed by atoms with van der Waals surface area (Å²) in [5, 5.41) is 9.60. The number of allylic oxidation sites excluding steroid dienone is 2. The van der Waals surface area contributed by atoms with Gasteiger partial charge in [0.25, 0.3) is 0 Å². The summed E-state index contributed by atoms with van der Waals surface area (Å²) in [6.45, 7) is 6.22. The number of hydrogen-bond donors (Lipinski definition) is 1. The van der Waals surface area contributed by atoms with Crippen LogP contribution in [0.15, 0.2) is 23.8 Å². The van der Waals surface area contributed by atoms with Crippen LogP contribution in [-0.4, -0.2) is 10.9 Å². The van der Waals surface area contributed by atoms with Crippen molar-refractivity contribution in [3.05, 3.63) is 34.9 Å². The van der Waals surface area contributed by atoms with E-state index in [4.69, 9.17) is 0 Å². The maximum Gasteiger partial charge on any atom is 0.161 e. The average Bonchev–Trinajstić information content (AvgIpc) is 2.57. The van der Waals surface area contributed by atoms with Crippen LogP contribution >= 0.6 is 0 Å². The molecule has 0 saturated carbocycles. The molecule has 0 bridgehead atoms. The molecule has 0 heterocycles. The second kappa shape index (κ2) is 3.47. The van der Waals surface area contributed by atoms with Crippen molar-refractivity contribution >= 4 is 11.4 Å². The predicted octanol–water partition coefficient (Wildman–Crippen LogP) is 3.34. The van der Waals surface area contributed by atoms with Gasteiger partial charge in [-0.15, -0.1) is 0 Å². The van der Waals surface area contributed by atoms with Crippen molar-refractivity contribution in [1.82, 2.24) is 0 Å². The Bertz CT molecular complexity index is 583. The van der Waals surface area contributed by atoms with Crippen molar-refractivity contribution in [3.63, 3.8) is 0 Å². The van der Waals surface area contributed by atoms with E-state index in [0.717, 1.165) is 24.0 Å². The number of aromatic hydroxyl groups is 1. The van der Waals surface area contributed by atoms with Crippen LogP contribution in [0.4, 0.5) is 0 Å². The lowest BCUT2D eigenvalue weighted by atomic mass is 9.68. The second-order valence-corrected chi connectivity index (χ2v) is 6.05. The minimum absolute atomic E-state index is 0.0630. The smallest absolute Gasteiger partial charge is 0.161 e. The molecule has 3 rings (SSSR count). The van der Waals surface area contributed by atoms with Crippen LogP contribution in [0.2, 0.25) is 0 Å². The molecule has 0 aromatic heterocycles. The Kier molecular flexibility index (Phi) is 2.22. The molecule has 1 aromatic rings. The molecule has 2 atom stereocenters. The van der Waals surface area contributed by atoms with E-state index in [-0.39, 0.29) is 17.1 Å². The average molecular weight is 242 g/mol. The van der Waals surface area contributed by atoms with Gasteiger partial charge in [0.05, 0.1) is 0 Å². The Labute approximate surface area is 107 Å². The number of Topliss-reactive ketones (excluding diaryl/α,β-unsaturated/α-hetero) is 1. The maximum atomic E-state index is 12.2. The first-order valence-corrected chi connectivity index (χ1v) is 6.50. The monoisotopic (exact) mass is 242 g/mol. The van der Waals surface area contributed by atoms with Crippen molar-refractivity contribution < 1.29 is 9.90 Å². The molecule has 2 aliphatic carbocycles. The highest BCUT2D eigenvalue weighted by molar-refractivity contribution is 6.07. The lowest BCUT2D eigenvalue weighted by Crippen LogP contribution is -2.30. The first kappa shape index (κ1) is 11.5. The van der Waals surface area contributed by atoms with Gasteiger partial charge < -0.3 is 5.11 Å². The summed E-state index contributed by atoms with van der Waals surface area (Å²) in [6, 6.07) is 5.51. The zero-order chi connectivity index (χ0) is 13.1. The van der Waals surface area contributed by atoms with Gasteiger partial charge in [0.15, 0.2) is 5.78 Å². The minimum atomic E-state index is 0.0630. The Morgan fingerprint density at radius 3 is 2.83 bits per heavy atom. The fourth-order valence-corrected chi connectivity index (χ4v) is 3.89. The summed E-state index contributed by atoms with van der Waals surface area (Å²) >= 11 is 0. The molecule has 18 heavy (non-hydrogen) atoms. The highest BCUT2D eigenvalue weighted by Gasteiger charge is 2.45. The number of fused-ring (bicyclic) bond motifs is 3. The van der Waals surface area contributed by atoms with Gasteiger partial charge in [-0.25, -0.2) is 0 Å². The molecule has 2 aliphatic rings. The summed E-state index contributed by atoms with van der Waals surface area (Å²) in [7, 11) is 0.